The van der Waals surface area contributed by atoms with Crippen LogP contribution in [0.4, 0.5) is 4.39 Å². The summed E-state index contributed by atoms with van der Waals surface area (Å²) in [5, 5.41) is 8.84. The van der Waals surface area contributed by atoms with Gasteiger partial charge in [-0.25, -0.2) is 4.39 Å². The fourth-order valence-electron chi connectivity index (χ4n) is 2.01. The maximum atomic E-state index is 13.3. The molecule has 108 valence electrons. The Hall–Kier alpha value is -1.86. The van der Waals surface area contributed by atoms with E-state index in [4.69, 9.17) is 10.00 Å². The Morgan fingerprint density at radius 3 is 2.67 bits per heavy atom. The van der Waals surface area contributed by atoms with Crippen molar-refractivity contribution < 1.29 is 9.13 Å². The quantitative estimate of drug-likeness (QED) is 0.764. The van der Waals surface area contributed by atoms with E-state index in [0.717, 1.165) is 21.3 Å². The molecule has 0 atom stereocenters. The first-order chi connectivity index (χ1) is 10.0. The molecule has 0 N–H and O–H groups in total. The third-order valence-electron chi connectivity index (χ3n) is 3.14. The summed E-state index contributed by atoms with van der Waals surface area (Å²) in [6, 6.07) is 12.1. The summed E-state index contributed by atoms with van der Waals surface area (Å²) in [6.45, 7) is 4.50. The van der Waals surface area contributed by atoms with Crippen LogP contribution in [0.1, 0.15) is 36.5 Å². The molecule has 0 aliphatic carbocycles. The predicted molar refractivity (Wildman–Crippen MR) is 83.7 cm³/mol. The van der Waals surface area contributed by atoms with Gasteiger partial charge in [0.15, 0.2) is 0 Å². The molecule has 0 unspecified atom stereocenters. The molecule has 0 aromatic heterocycles. The number of nitriles is 1. The van der Waals surface area contributed by atoms with Gasteiger partial charge in [-0.2, -0.15) is 5.26 Å². The summed E-state index contributed by atoms with van der Waals surface area (Å²) in [6.07, 6.45) is 0. The van der Waals surface area contributed by atoms with E-state index in [1.807, 2.05) is 24.3 Å². The summed E-state index contributed by atoms with van der Waals surface area (Å²) in [4.78, 5) is 0. The van der Waals surface area contributed by atoms with Crippen molar-refractivity contribution in [1.82, 2.24) is 0 Å². The van der Waals surface area contributed by atoms with E-state index in [2.05, 4.69) is 29.8 Å². The number of ether oxygens (including phenoxy) is 1. The largest absolute Gasteiger partial charge is 0.489 e. The second-order valence-electron chi connectivity index (χ2n) is 5.05. The van der Waals surface area contributed by atoms with Crippen LogP contribution < -0.4 is 4.74 Å². The minimum atomic E-state index is -0.507. The minimum absolute atomic E-state index is 0.0380. The molecule has 2 rings (SSSR count). The average molecular weight is 348 g/mol. The van der Waals surface area contributed by atoms with Crippen LogP contribution in [0.3, 0.4) is 0 Å². The van der Waals surface area contributed by atoms with E-state index in [9.17, 15) is 4.39 Å². The first-order valence-corrected chi connectivity index (χ1v) is 7.41. The topological polar surface area (TPSA) is 33.0 Å². The Balaban J connectivity index is 2.19. The molecule has 2 aromatic carbocycles. The average Bonchev–Trinajstić information content (AvgIpc) is 2.47. The summed E-state index contributed by atoms with van der Waals surface area (Å²) in [5.41, 5.74) is 1.91. The third kappa shape index (κ3) is 3.83. The second-order valence-corrected chi connectivity index (χ2v) is 5.97. The van der Waals surface area contributed by atoms with Gasteiger partial charge in [-0.3, -0.25) is 0 Å². The second kappa shape index (κ2) is 6.73. The molecule has 0 heterocycles. The maximum Gasteiger partial charge on any atom is 0.140 e. The van der Waals surface area contributed by atoms with E-state index in [1.165, 1.54) is 12.1 Å². The molecule has 0 amide bonds. The van der Waals surface area contributed by atoms with Crippen molar-refractivity contribution in [2.24, 2.45) is 0 Å². The summed E-state index contributed by atoms with van der Waals surface area (Å²) in [5.74, 6) is 0.629. The molecular weight excluding hydrogens is 333 g/mol. The van der Waals surface area contributed by atoms with Crippen molar-refractivity contribution in [2.45, 2.75) is 26.4 Å². The Morgan fingerprint density at radius 2 is 2.00 bits per heavy atom. The lowest BCUT2D eigenvalue weighted by Gasteiger charge is -2.14. The van der Waals surface area contributed by atoms with Crippen molar-refractivity contribution in [3.05, 3.63) is 63.4 Å². The fraction of sp³-hybridized carbons (Fsp3) is 0.235. The SMILES string of the molecule is CC(C)c1cc(Br)ccc1OCc1ccc(F)c(C#N)c1. The lowest BCUT2D eigenvalue weighted by molar-refractivity contribution is 0.301. The summed E-state index contributed by atoms with van der Waals surface area (Å²) >= 11 is 3.45. The molecule has 0 saturated carbocycles. The number of benzene rings is 2. The Labute approximate surface area is 132 Å². The highest BCUT2D eigenvalue weighted by atomic mass is 79.9. The highest BCUT2D eigenvalue weighted by Gasteiger charge is 2.09. The Morgan fingerprint density at radius 1 is 1.24 bits per heavy atom. The maximum absolute atomic E-state index is 13.3. The van der Waals surface area contributed by atoms with E-state index in [1.54, 1.807) is 6.07 Å². The molecule has 0 saturated heterocycles. The van der Waals surface area contributed by atoms with Crippen molar-refractivity contribution in [2.75, 3.05) is 0 Å². The fourth-order valence-corrected chi connectivity index (χ4v) is 2.39. The highest BCUT2D eigenvalue weighted by molar-refractivity contribution is 9.10. The molecule has 4 heteroatoms. The van der Waals surface area contributed by atoms with E-state index >= 15 is 0 Å². The summed E-state index contributed by atoms with van der Waals surface area (Å²) < 4.78 is 20.1. The first kappa shape index (κ1) is 15.5. The van der Waals surface area contributed by atoms with Crippen LogP contribution in [-0.4, -0.2) is 0 Å². The third-order valence-corrected chi connectivity index (χ3v) is 3.63. The van der Waals surface area contributed by atoms with Crippen LogP contribution in [-0.2, 0) is 6.61 Å². The van der Waals surface area contributed by atoms with E-state index < -0.39 is 5.82 Å². The van der Waals surface area contributed by atoms with Crippen LogP contribution in [0.2, 0.25) is 0 Å². The lowest BCUT2D eigenvalue weighted by Crippen LogP contribution is -2.01. The molecule has 0 bridgehead atoms. The zero-order valence-corrected chi connectivity index (χ0v) is 13.4. The summed E-state index contributed by atoms with van der Waals surface area (Å²) in [7, 11) is 0. The zero-order chi connectivity index (χ0) is 15.4. The van der Waals surface area contributed by atoms with Gasteiger partial charge in [0.25, 0.3) is 0 Å². The van der Waals surface area contributed by atoms with Gasteiger partial charge in [0.1, 0.15) is 24.2 Å². The molecule has 0 spiro atoms. The predicted octanol–water partition coefficient (Wildman–Crippen LogP) is 5.16. The molecule has 2 nitrogen and oxygen atoms in total. The van der Waals surface area contributed by atoms with Crippen LogP contribution in [0.25, 0.3) is 0 Å². The minimum Gasteiger partial charge on any atom is -0.489 e. The molecule has 0 radical (unpaired) electrons. The number of hydrogen-bond acceptors (Lipinski definition) is 2. The van der Waals surface area contributed by atoms with Crippen molar-refractivity contribution in [3.63, 3.8) is 0 Å². The molecule has 0 aliphatic rings. The zero-order valence-electron chi connectivity index (χ0n) is 11.9. The molecule has 0 aliphatic heterocycles. The van der Waals surface area contributed by atoms with Gasteiger partial charge in [-0.15, -0.1) is 0 Å². The van der Waals surface area contributed by atoms with Crippen LogP contribution >= 0.6 is 15.9 Å². The van der Waals surface area contributed by atoms with Gasteiger partial charge in [0.2, 0.25) is 0 Å². The number of rotatable bonds is 4. The Kier molecular flexibility index (Phi) is 4.98. The van der Waals surface area contributed by atoms with Gasteiger partial charge in [-0.05, 0) is 47.4 Å². The van der Waals surface area contributed by atoms with Crippen LogP contribution in [0.5, 0.6) is 5.75 Å². The van der Waals surface area contributed by atoms with E-state index in [0.29, 0.717) is 12.5 Å². The van der Waals surface area contributed by atoms with Gasteiger partial charge < -0.3 is 4.74 Å². The van der Waals surface area contributed by atoms with Gasteiger partial charge in [-0.1, -0.05) is 35.8 Å². The number of hydrogen-bond donors (Lipinski definition) is 0. The van der Waals surface area contributed by atoms with Gasteiger partial charge in [0, 0.05) is 4.47 Å². The molecule has 0 fully saturated rings. The highest BCUT2D eigenvalue weighted by Crippen LogP contribution is 2.30. The van der Waals surface area contributed by atoms with Crippen LogP contribution in [0.15, 0.2) is 40.9 Å². The van der Waals surface area contributed by atoms with Gasteiger partial charge >= 0.3 is 0 Å². The normalized spacial score (nSPS) is 10.5. The molecule has 21 heavy (non-hydrogen) atoms. The standard InChI is InChI=1S/C17H15BrFNO/c1-11(2)15-8-14(18)4-6-17(15)21-10-12-3-5-16(19)13(7-12)9-20/h3-8,11H,10H2,1-2H3. The smallest absolute Gasteiger partial charge is 0.140 e. The van der Waals surface area contributed by atoms with Crippen molar-refractivity contribution in [3.8, 4) is 11.8 Å². The Bertz CT molecular complexity index is 692. The van der Waals surface area contributed by atoms with E-state index in [-0.39, 0.29) is 5.56 Å². The monoisotopic (exact) mass is 347 g/mol. The number of nitrogens with zero attached hydrogens (tertiary/aromatic N) is 1. The van der Waals surface area contributed by atoms with Crippen molar-refractivity contribution >= 4 is 15.9 Å². The molecule has 2 aromatic rings. The van der Waals surface area contributed by atoms with Crippen LogP contribution in [0, 0.1) is 17.1 Å². The van der Waals surface area contributed by atoms with Gasteiger partial charge in [0.05, 0.1) is 5.56 Å². The van der Waals surface area contributed by atoms with Crippen molar-refractivity contribution in [1.29, 1.82) is 5.26 Å². The number of halogens is 2. The molecular formula is C17H15BrFNO. The first-order valence-electron chi connectivity index (χ1n) is 6.62. The lowest BCUT2D eigenvalue weighted by atomic mass is 10.0.